The van der Waals surface area contributed by atoms with Crippen molar-refractivity contribution in [2.45, 2.75) is 122 Å². The Balaban J connectivity index is 0.000000206. The van der Waals surface area contributed by atoms with Crippen molar-refractivity contribution in [1.82, 2.24) is 29.9 Å². The number of nitrogens with two attached hydrogens (primary N) is 2. The van der Waals surface area contributed by atoms with Crippen molar-refractivity contribution in [3.05, 3.63) is 135 Å². The topological polar surface area (TPSA) is 221 Å². The normalized spacial score (nSPS) is 18.0. The summed E-state index contributed by atoms with van der Waals surface area (Å²) in [5.74, 6) is 1.41. The lowest BCUT2D eigenvalue weighted by Gasteiger charge is -2.22. The second-order valence-corrected chi connectivity index (χ2v) is 22.7. The van der Waals surface area contributed by atoms with Gasteiger partial charge >= 0.3 is 12.2 Å². The first-order valence-corrected chi connectivity index (χ1v) is 26.7. The van der Waals surface area contributed by atoms with Gasteiger partial charge in [-0.1, -0.05) is 53.5 Å². The number of aryl methyl sites for hydroxylation is 1. The van der Waals surface area contributed by atoms with Crippen molar-refractivity contribution < 1.29 is 23.8 Å². The number of hydrogen-bond acceptors (Lipinski definition) is 11. The zero-order valence-electron chi connectivity index (χ0n) is 43.9. The fourth-order valence-electron chi connectivity index (χ4n) is 9.32. The fraction of sp³-hybridized carbons (Fsp3) is 0.357. The Morgan fingerprint density at radius 1 is 0.671 bits per heavy atom. The third-order valence-electron chi connectivity index (χ3n) is 12.7. The number of para-hydroxylation sites is 2. The molecular weight excluding hydrogens is 1070 g/mol. The van der Waals surface area contributed by atoms with Gasteiger partial charge < -0.3 is 46.9 Å². The number of hydrogen-bond donors (Lipinski definition) is 6. The predicted octanol–water partition coefficient (Wildman–Crippen LogP) is 12.5. The van der Waals surface area contributed by atoms with E-state index in [2.05, 4.69) is 70.4 Å². The van der Waals surface area contributed by atoms with E-state index in [1.54, 1.807) is 36.2 Å². The van der Waals surface area contributed by atoms with E-state index in [-0.39, 0.29) is 24.2 Å². The highest BCUT2D eigenvalue weighted by molar-refractivity contribution is 9.10. The van der Waals surface area contributed by atoms with Crippen molar-refractivity contribution in [1.29, 1.82) is 0 Å². The molecule has 4 atom stereocenters. The Morgan fingerprint density at radius 2 is 1.13 bits per heavy atom. The number of amides is 2. The second kappa shape index (κ2) is 23.5. The first-order chi connectivity index (χ1) is 36.1. The lowest BCUT2D eigenvalue weighted by Crippen LogP contribution is -2.38. The molecule has 2 aliphatic carbocycles. The molecule has 0 aliphatic heterocycles. The molecule has 8 N–H and O–H groups in total. The summed E-state index contributed by atoms with van der Waals surface area (Å²) in [4.78, 5) is 33.8. The SMILES string of the molecule is CC(C)(C)OC(=O)N[C@H]1CC[C@@H](Nc2c(C(N)=Nc3ccccc3Cl)cnn3cc(Br)cc23)C1.COc1ccc(-c2cc3c(N[C@@H]4CC[C@H](NC(=O)OC(C)(C)C)C4)c(C(N)=Nc4ccccc4Cl)cnn3c2)c(C)c1. The summed E-state index contributed by atoms with van der Waals surface area (Å²) in [6.07, 6.45) is 11.4. The number of methoxy groups -OCH3 is 1. The molecule has 76 heavy (non-hydrogen) atoms. The lowest BCUT2D eigenvalue weighted by molar-refractivity contribution is 0.0493. The van der Waals surface area contributed by atoms with Gasteiger partial charge in [0.2, 0.25) is 0 Å². The van der Waals surface area contributed by atoms with Crippen molar-refractivity contribution in [2.75, 3.05) is 17.7 Å². The Bertz CT molecular complexity index is 3310. The van der Waals surface area contributed by atoms with Crippen LogP contribution in [-0.2, 0) is 9.47 Å². The van der Waals surface area contributed by atoms with Gasteiger partial charge in [-0.2, -0.15) is 10.2 Å². The highest BCUT2D eigenvalue weighted by Crippen LogP contribution is 2.36. The number of aromatic nitrogens is 4. The third-order valence-corrected chi connectivity index (χ3v) is 13.8. The molecule has 4 heterocycles. The van der Waals surface area contributed by atoms with Crippen LogP contribution in [0.25, 0.3) is 22.2 Å². The van der Waals surface area contributed by atoms with Crippen LogP contribution < -0.4 is 37.5 Å². The van der Waals surface area contributed by atoms with E-state index in [4.69, 9.17) is 48.9 Å². The smallest absolute Gasteiger partial charge is 0.407 e. The number of halogens is 3. The van der Waals surface area contributed by atoms with Crippen LogP contribution in [0.1, 0.15) is 96.8 Å². The summed E-state index contributed by atoms with van der Waals surface area (Å²) >= 11 is 16.2. The Morgan fingerprint density at radius 3 is 1.59 bits per heavy atom. The maximum Gasteiger partial charge on any atom is 0.407 e. The monoisotopic (exact) mass is 1130 g/mol. The van der Waals surface area contributed by atoms with Gasteiger partial charge in [0.05, 0.1) is 74.5 Å². The van der Waals surface area contributed by atoms with Gasteiger partial charge in [-0.3, -0.25) is 0 Å². The number of benzene rings is 3. The Hall–Kier alpha value is -7.02. The van der Waals surface area contributed by atoms with Crippen LogP contribution in [0.15, 0.2) is 118 Å². The molecular formula is C56H65BrCl2N12O5. The molecule has 2 aliphatic rings. The Kier molecular flexibility index (Phi) is 17.1. The first kappa shape index (κ1) is 55.2. The summed E-state index contributed by atoms with van der Waals surface area (Å²) < 4.78 is 20.8. The van der Waals surface area contributed by atoms with E-state index >= 15 is 0 Å². The number of amidine groups is 2. The van der Waals surface area contributed by atoms with E-state index in [0.717, 1.165) is 87.8 Å². The van der Waals surface area contributed by atoms with Gasteiger partial charge in [0, 0.05) is 46.6 Å². The lowest BCUT2D eigenvalue weighted by atomic mass is 10.0. The van der Waals surface area contributed by atoms with Crippen LogP contribution >= 0.6 is 39.1 Å². The molecule has 0 radical (unpaired) electrons. The van der Waals surface area contributed by atoms with Gasteiger partial charge in [0.15, 0.2) is 0 Å². The summed E-state index contributed by atoms with van der Waals surface area (Å²) in [7, 11) is 1.66. The van der Waals surface area contributed by atoms with Crippen molar-refractivity contribution in [3.8, 4) is 16.9 Å². The van der Waals surface area contributed by atoms with Gasteiger partial charge in [-0.05, 0) is 163 Å². The molecule has 2 saturated carbocycles. The highest BCUT2D eigenvalue weighted by Gasteiger charge is 2.31. The van der Waals surface area contributed by atoms with E-state index in [0.29, 0.717) is 44.2 Å². The average Bonchev–Trinajstić information content (AvgIpc) is 4.17. The maximum absolute atomic E-state index is 12.4. The standard InChI is InChI=1S/C32H37ClN6O3.C24H28BrClN6O2/c1-19-14-23(41-5)12-13-24(19)20-15-28-29(36-21-10-11-22(16-21)37-31(40)42-32(2,3)4)25(17-35-39(28)18-20)30(34)38-27-9-7-6-8-26(27)33;1-24(2,3)34-23(33)30-16-9-8-15(11-16)29-21-17(12-28-32-13-14(25)10-20(21)32)22(27)31-19-7-5-4-6-18(19)26/h6-9,12-15,17-18,21-22,36H,10-11,16H2,1-5H3,(H2,34,38)(H,37,40);4-7,10,12-13,15-16,29H,8-9,11H2,1-3H3,(H2,27,31)(H,30,33)/t21-,22+;15-,16+/m11/s1. The van der Waals surface area contributed by atoms with Crippen molar-refractivity contribution in [3.63, 3.8) is 0 Å². The number of aliphatic imine (C=N–C) groups is 2. The third kappa shape index (κ3) is 14.1. The summed E-state index contributed by atoms with van der Waals surface area (Å²) in [6.45, 7) is 13.2. The van der Waals surface area contributed by atoms with Gasteiger partial charge in [-0.15, -0.1) is 0 Å². The maximum atomic E-state index is 12.4. The molecule has 17 nitrogen and oxygen atoms in total. The minimum absolute atomic E-state index is 0.00269. The number of nitrogens with zero attached hydrogens (tertiary/aromatic N) is 6. The highest BCUT2D eigenvalue weighted by atomic mass is 79.9. The van der Waals surface area contributed by atoms with Crippen LogP contribution in [0.4, 0.5) is 32.3 Å². The summed E-state index contributed by atoms with van der Waals surface area (Å²) in [5, 5.41) is 23.5. The molecule has 9 rings (SSSR count). The van der Waals surface area contributed by atoms with E-state index in [1.807, 2.05) is 119 Å². The van der Waals surface area contributed by atoms with Crippen LogP contribution in [0.2, 0.25) is 10.0 Å². The van der Waals surface area contributed by atoms with Crippen LogP contribution in [0.3, 0.4) is 0 Å². The van der Waals surface area contributed by atoms with E-state index in [1.165, 1.54) is 0 Å². The predicted molar refractivity (Wildman–Crippen MR) is 307 cm³/mol. The molecule has 7 aromatic rings. The minimum atomic E-state index is -0.550. The zero-order valence-corrected chi connectivity index (χ0v) is 47.0. The molecule has 0 spiro atoms. The number of anilines is 2. The summed E-state index contributed by atoms with van der Waals surface area (Å²) in [6, 6.07) is 24.9. The van der Waals surface area contributed by atoms with E-state index in [9.17, 15) is 9.59 Å². The van der Waals surface area contributed by atoms with Gasteiger partial charge in [0.25, 0.3) is 0 Å². The summed E-state index contributed by atoms with van der Waals surface area (Å²) in [5.41, 5.74) is 21.0. The van der Waals surface area contributed by atoms with Crippen LogP contribution in [-0.4, -0.2) is 85.6 Å². The Labute approximate surface area is 461 Å². The number of carbonyl (C=O) groups excluding carboxylic acids is 2. The number of rotatable bonds is 12. The molecule has 400 valence electrons. The largest absolute Gasteiger partial charge is 0.497 e. The van der Waals surface area contributed by atoms with Crippen molar-refractivity contribution in [2.24, 2.45) is 21.5 Å². The zero-order chi connectivity index (χ0) is 54.5. The van der Waals surface area contributed by atoms with Gasteiger partial charge in [-0.25, -0.2) is 28.6 Å². The molecule has 4 aromatic heterocycles. The van der Waals surface area contributed by atoms with Crippen LogP contribution in [0.5, 0.6) is 5.75 Å². The number of fused-ring (bicyclic) bond motifs is 2. The fourth-order valence-corrected chi connectivity index (χ4v) is 10.1. The quantitative estimate of drug-likeness (QED) is 0.0499. The molecule has 0 saturated heterocycles. The molecule has 2 fully saturated rings. The average molecular weight is 1140 g/mol. The van der Waals surface area contributed by atoms with Crippen LogP contribution in [0, 0.1) is 6.92 Å². The van der Waals surface area contributed by atoms with Crippen molar-refractivity contribution >= 4 is 96.8 Å². The number of alkyl carbamates (subject to hydrolysis) is 2. The van der Waals surface area contributed by atoms with Gasteiger partial charge in [0.1, 0.15) is 28.6 Å². The van der Waals surface area contributed by atoms with E-state index < -0.39 is 23.4 Å². The first-order valence-electron chi connectivity index (χ1n) is 25.1. The number of nitrogens with one attached hydrogen (secondary N) is 4. The molecule has 3 aromatic carbocycles. The number of ether oxygens (including phenoxy) is 3. The molecule has 20 heteroatoms. The molecule has 0 unspecified atom stereocenters. The molecule has 2 amide bonds. The second-order valence-electron chi connectivity index (χ2n) is 21.0. The molecule has 0 bridgehead atoms. The minimum Gasteiger partial charge on any atom is -0.497 e. The number of carbonyl (C=O) groups is 2.